The maximum atomic E-state index is 12.8. The van der Waals surface area contributed by atoms with Gasteiger partial charge in [0.25, 0.3) is 0 Å². The molecule has 0 atom stereocenters. The lowest BCUT2D eigenvalue weighted by Crippen LogP contribution is -2.53. The molecular formula is C14H23N3O5S2. The number of hydrogen-bond acceptors (Lipinski definition) is 7. The highest BCUT2D eigenvalue weighted by molar-refractivity contribution is 7.91. The molecule has 2 aliphatic rings. The third-order valence-electron chi connectivity index (χ3n) is 4.88. The van der Waals surface area contributed by atoms with Crippen molar-refractivity contribution in [3.63, 3.8) is 0 Å². The second kappa shape index (κ2) is 6.40. The average Bonchev–Trinajstić information content (AvgIpc) is 2.87. The molecule has 136 valence electrons. The van der Waals surface area contributed by atoms with Crippen LogP contribution in [0.4, 0.5) is 0 Å². The van der Waals surface area contributed by atoms with Gasteiger partial charge in [0, 0.05) is 32.2 Å². The van der Waals surface area contributed by atoms with Gasteiger partial charge in [-0.1, -0.05) is 5.16 Å². The van der Waals surface area contributed by atoms with Crippen molar-refractivity contribution in [3.05, 3.63) is 11.5 Å². The quantitative estimate of drug-likeness (QED) is 0.740. The molecule has 10 heteroatoms. The summed E-state index contributed by atoms with van der Waals surface area (Å²) in [7, 11) is -6.48. The Bertz CT molecular complexity index is 774. The molecule has 0 saturated carbocycles. The topological polar surface area (TPSA) is 101 Å². The largest absolute Gasteiger partial charge is 0.360 e. The Balaban J connectivity index is 1.65. The summed E-state index contributed by atoms with van der Waals surface area (Å²) in [6, 6.07) is 0.234. The van der Waals surface area contributed by atoms with Gasteiger partial charge in [-0.15, -0.1) is 0 Å². The van der Waals surface area contributed by atoms with E-state index in [-0.39, 0.29) is 22.4 Å². The van der Waals surface area contributed by atoms with Crippen LogP contribution in [0.3, 0.4) is 0 Å². The van der Waals surface area contributed by atoms with E-state index >= 15 is 0 Å². The molecule has 0 aliphatic carbocycles. The molecule has 0 amide bonds. The Morgan fingerprint density at radius 2 is 1.67 bits per heavy atom. The Morgan fingerprint density at radius 3 is 2.17 bits per heavy atom. The Morgan fingerprint density at radius 1 is 1.08 bits per heavy atom. The minimum atomic E-state index is -3.60. The third kappa shape index (κ3) is 3.37. The smallest absolute Gasteiger partial charge is 0.248 e. The van der Waals surface area contributed by atoms with Crippen LogP contribution in [0.5, 0.6) is 0 Å². The van der Waals surface area contributed by atoms with Crippen LogP contribution in [-0.2, 0) is 19.9 Å². The molecule has 8 nitrogen and oxygen atoms in total. The van der Waals surface area contributed by atoms with Gasteiger partial charge < -0.3 is 4.52 Å². The Hall–Kier alpha value is -0.970. The van der Waals surface area contributed by atoms with Crippen molar-refractivity contribution in [2.75, 3.05) is 37.7 Å². The lowest BCUT2D eigenvalue weighted by atomic mass is 10.1. The summed E-state index contributed by atoms with van der Waals surface area (Å²) in [6.45, 7) is 5.26. The van der Waals surface area contributed by atoms with Crippen molar-refractivity contribution < 1.29 is 21.4 Å². The van der Waals surface area contributed by atoms with Crippen molar-refractivity contribution in [1.29, 1.82) is 0 Å². The monoisotopic (exact) mass is 377 g/mol. The van der Waals surface area contributed by atoms with Gasteiger partial charge in [-0.05, 0) is 26.7 Å². The summed E-state index contributed by atoms with van der Waals surface area (Å²) >= 11 is 0. The zero-order valence-corrected chi connectivity index (χ0v) is 15.6. The highest BCUT2D eigenvalue weighted by Gasteiger charge is 2.36. The second-order valence-corrected chi connectivity index (χ2v) is 10.7. The van der Waals surface area contributed by atoms with Crippen LogP contribution in [0.2, 0.25) is 0 Å². The van der Waals surface area contributed by atoms with E-state index in [4.69, 9.17) is 4.52 Å². The molecule has 2 saturated heterocycles. The molecule has 0 unspecified atom stereocenters. The Labute approximate surface area is 142 Å². The molecule has 1 aromatic heterocycles. The number of sulfonamides is 1. The van der Waals surface area contributed by atoms with Crippen molar-refractivity contribution in [2.24, 2.45) is 0 Å². The van der Waals surface area contributed by atoms with E-state index in [1.807, 2.05) is 0 Å². The van der Waals surface area contributed by atoms with Crippen molar-refractivity contribution >= 4 is 19.9 Å². The van der Waals surface area contributed by atoms with Crippen LogP contribution >= 0.6 is 0 Å². The van der Waals surface area contributed by atoms with E-state index in [0.717, 1.165) is 0 Å². The van der Waals surface area contributed by atoms with Crippen LogP contribution in [-0.4, -0.2) is 74.9 Å². The van der Waals surface area contributed by atoms with E-state index in [9.17, 15) is 16.8 Å². The van der Waals surface area contributed by atoms with Gasteiger partial charge in [0.1, 0.15) is 20.4 Å². The van der Waals surface area contributed by atoms with Gasteiger partial charge in [-0.2, -0.15) is 4.31 Å². The third-order valence-corrected chi connectivity index (χ3v) is 8.74. The molecule has 0 radical (unpaired) electrons. The van der Waals surface area contributed by atoms with E-state index in [2.05, 4.69) is 10.1 Å². The number of hydrogen-bond donors (Lipinski definition) is 0. The molecule has 0 spiro atoms. The summed E-state index contributed by atoms with van der Waals surface area (Å²) < 4.78 is 55.1. The van der Waals surface area contributed by atoms with Crippen molar-refractivity contribution in [1.82, 2.24) is 14.4 Å². The number of aromatic nitrogens is 1. The summed E-state index contributed by atoms with van der Waals surface area (Å²) in [5, 5.41) is 3.73. The van der Waals surface area contributed by atoms with Gasteiger partial charge in [0.15, 0.2) is 5.76 Å². The predicted molar refractivity (Wildman–Crippen MR) is 88.0 cm³/mol. The van der Waals surface area contributed by atoms with E-state index < -0.39 is 19.9 Å². The van der Waals surface area contributed by atoms with E-state index in [0.29, 0.717) is 50.5 Å². The summed E-state index contributed by atoms with van der Waals surface area (Å²) in [4.78, 5) is 2.38. The molecule has 2 fully saturated rings. The summed E-state index contributed by atoms with van der Waals surface area (Å²) in [6.07, 6.45) is 1.28. The van der Waals surface area contributed by atoms with E-state index in [1.54, 1.807) is 13.8 Å². The van der Waals surface area contributed by atoms with Gasteiger partial charge in [0.05, 0.1) is 11.5 Å². The fourth-order valence-corrected chi connectivity index (χ4v) is 6.70. The molecule has 24 heavy (non-hydrogen) atoms. The van der Waals surface area contributed by atoms with Crippen LogP contribution < -0.4 is 0 Å². The maximum absolute atomic E-state index is 12.8. The standard InChI is InChI=1S/C14H23N3O5S2/c1-11-14(12(2)22-15-11)24(20,21)17-7-5-16(6-8-17)13-3-9-23(18,19)10-4-13/h13H,3-10H2,1-2H3. The van der Waals surface area contributed by atoms with Crippen molar-refractivity contribution in [3.8, 4) is 0 Å². The summed E-state index contributed by atoms with van der Waals surface area (Å²) in [5.74, 6) is 0.775. The minimum Gasteiger partial charge on any atom is -0.360 e. The summed E-state index contributed by atoms with van der Waals surface area (Å²) in [5.41, 5.74) is 0.382. The first-order chi connectivity index (χ1) is 11.2. The lowest BCUT2D eigenvalue weighted by Gasteiger charge is -2.40. The highest BCUT2D eigenvalue weighted by atomic mass is 32.2. The number of rotatable bonds is 3. The van der Waals surface area contributed by atoms with Crippen LogP contribution in [0.25, 0.3) is 0 Å². The molecular weight excluding hydrogens is 354 g/mol. The number of aryl methyl sites for hydroxylation is 2. The average molecular weight is 377 g/mol. The van der Waals surface area contributed by atoms with Crippen LogP contribution in [0, 0.1) is 13.8 Å². The molecule has 1 aromatic rings. The number of piperazine rings is 1. The molecule has 2 aliphatic heterocycles. The zero-order valence-electron chi connectivity index (χ0n) is 13.9. The molecule has 3 heterocycles. The molecule has 0 N–H and O–H groups in total. The Kier molecular flexibility index (Phi) is 4.75. The van der Waals surface area contributed by atoms with Gasteiger partial charge in [0.2, 0.25) is 10.0 Å². The highest BCUT2D eigenvalue weighted by Crippen LogP contribution is 2.26. The molecule has 0 aromatic carbocycles. The maximum Gasteiger partial charge on any atom is 0.248 e. The van der Waals surface area contributed by atoms with Gasteiger partial charge in [-0.25, -0.2) is 16.8 Å². The fourth-order valence-electron chi connectivity index (χ4n) is 3.52. The first kappa shape index (κ1) is 17.8. The second-order valence-electron chi connectivity index (χ2n) is 6.48. The predicted octanol–water partition coefficient (Wildman–Crippen LogP) is 0.175. The first-order valence-corrected chi connectivity index (χ1v) is 11.3. The minimum absolute atomic E-state index is 0.166. The lowest BCUT2D eigenvalue weighted by molar-refractivity contribution is 0.129. The van der Waals surface area contributed by atoms with Gasteiger partial charge in [-0.3, -0.25) is 4.90 Å². The fraction of sp³-hybridized carbons (Fsp3) is 0.786. The zero-order chi connectivity index (χ0) is 17.5. The van der Waals surface area contributed by atoms with Crippen molar-refractivity contribution in [2.45, 2.75) is 37.6 Å². The molecule has 0 bridgehead atoms. The SMILES string of the molecule is Cc1noc(C)c1S(=O)(=O)N1CCN(C2CCS(=O)(=O)CC2)CC1. The van der Waals surface area contributed by atoms with Crippen LogP contribution in [0.15, 0.2) is 9.42 Å². The van der Waals surface area contributed by atoms with Crippen LogP contribution in [0.1, 0.15) is 24.3 Å². The van der Waals surface area contributed by atoms with E-state index in [1.165, 1.54) is 4.31 Å². The van der Waals surface area contributed by atoms with Gasteiger partial charge >= 0.3 is 0 Å². The normalized spacial score (nSPS) is 24.2. The first-order valence-electron chi connectivity index (χ1n) is 8.08. The number of nitrogens with zero attached hydrogens (tertiary/aromatic N) is 3. The number of sulfone groups is 1. The molecule has 3 rings (SSSR count).